The molecule has 4 aromatic carbocycles. The summed E-state index contributed by atoms with van der Waals surface area (Å²) in [4.78, 5) is 0. The van der Waals surface area contributed by atoms with Crippen LogP contribution in [-0.4, -0.2) is 19.1 Å². The fourth-order valence-corrected chi connectivity index (χ4v) is 11.6. The van der Waals surface area contributed by atoms with Gasteiger partial charge in [0.2, 0.25) is 0 Å². The summed E-state index contributed by atoms with van der Waals surface area (Å²) in [5, 5.41) is 2.88. The maximum absolute atomic E-state index is 2.46. The van der Waals surface area contributed by atoms with Gasteiger partial charge in [0.05, 0.1) is 0 Å². The topological polar surface area (TPSA) is 0 Å². The van der Waals surface area contributed by atoms with Crippen molar-refractivity contribution in [1.29, 1.82) is 0 Å². The normalized spacial score (nSPS) is 10.9. The van der Waals surface area contributed by atoms with Crippen molar-refractivity contribution < 1.29 is 24.0 Å². The molecule has 5 rings (SSSR count). The second-order valence-corrected chi connectivity index (χ2v) is 13.0. The average Bonchev–Trinajstić information content (AvgIpc) is 3.03. The van der Waals surface area contributed by atoms with Crippen molar-refractivity contribution in [1.82, 2.24) is 0 Å². The van der Waals surface area contributed by atoms with Crippen LogP contribution in [0.5, 0.6) is 0 Å². The van der Waals surface area contributed by atoms with E-state index in [0.29, 0.717) is 0 Å². The van der Waals surface area contributed by atoms with Crippen molar-refractivity contribution in [3.8, 4) is 14.7 Å². The molecule has 0 spiro atoms. The van der Waals surface area contributed by atoms with Gasteiger partial charge in [-0.25, -0.2) is 0 Å². The van der Waals surface area contributed by atoms with Crippen molar-refractivity contribution in [3.05, 3.63) is 101 Å². The van der Waals surface area contributed by atoms with E-state index >= 15 is 0 Å². The summed E-state index contributed by atoms with van der Waals surface area (Å²) in [6.45, 7) is 0. The Morgan fingerprint density at radius 1 is 0.519 bits per heavy atom. The van der Waals surface area contributed by atoms with E-state index in [-0.39, 0.29) is 24.0 Å². The fourth-order valence-electron chi connectivity index (χ4n) is 3.64. The van der Waals surface area contributed by atoms with Gasteiger partial charge in [0.15, 0.2) is 0 Å². The van der Waals surface area contributed by atoms with Gasteiger partial charge in [-0.3, -0.25) is 0 Å². The zero-order valence-electron chi connectivity index (χ0n) is 14.4. The van der Waals surface area contributed by atoms with Crippen LogP contribution in [0.3, 0.4) is 0 Å². The van der Waals surface area contributed by atoms with Crippen LogP contribution in [0.4, 0.5) is 0 Å². The molecule has 0 bridgehead atoms. The molecule has 0 aliphatic carbocycles. The molecule has 0 amide bonds. The Balaban J connectivity index is 0.00000180. The zero-order chi connectivity index (χ0) is 17.5. The number of halogens is 2. The van der Waals surface area contributed by atoms with E-state index in [1.54, 1.807) is 10.4 Å². The van der Waals surface area contributed by atoms with Crippen LogP contribution in [0, 0.1) is 3.57 Å². The smallest absolute Gasteiger partial charge is 1.00 e. The van der Waals surface area contributed by atoms with Crippen molar-refractivity contribution in [2.24, 2.45) is 0 Å². The molecule has 0 nitrogen and oxygen atoms in total. The summed E-state index contributed by atoms with van der Waals surface area (Å²) in [5.41, 5.74) is 2.76. The molecule has 5 aromatic rings. The predicted molar refractivity (Wildman–Crippen MR) is 122 cm³/mol. The molecule has 1 aromatic heterocycles. The molecule has 132 valence electrons. The summed E-state index contributed by atoms with van der Waals surface area (Å²) >= 11 is 0.602. The van der Waals surface area contributed by atoms with Gasteiger partial charge < -0.3 is 24.0 Å². The van der Waals surface area contributed by atoms with Crippen LogP contribution < -0.4 is 24.0 Å². The monoisotopic (exact) mass is 688 g/mol. The van der Waals surface area contributed by atoms with E-state index in [9.17, 15) is 0 Å². The van der Waals surface area contributed by atoms with Crippen LogP contribution in [0.15, 0.2) is 97.1 Å². The van der Waals surface area contributed by atoms with E-state index in [2.05, 4.69) is 120 Å². The summed E-state index contributed by atoms with van der Waals surface area (Å²) in [5.74, 6) is 0. The number of hydrogen-bond donors (Lipinski definition) is 0. The first-order valence-corrected chi connectivity index (χ1v) is 13.2. The Morgan fingerprint density at radius 3 is 1.63 bits per heavy atom. The second-order valence-electron chi connectivity index (χ2n) is 6.27. The minimum atomic E-state index is -1.86. The Kier molecular flexibility index (Phi) is 5.94. The minimum Gasteiger partial charge on any atom is -1.00 e. The van der Waals surface area contributed by atoms with Gasteiger partial charge in [-0.05, 0) is 0 Å². The Labute approximate surface area is 196 Å². The van der Waals surface area contributed by atoms with Crippen LogP contribution >= 0.6 is 22.6 Å². The fraction of sp³-hybridized carbons (Fsp3) is 0. The van der Waals surface area contributed by atoms with Gasteiger partial charge in [0.1, 0.15) is 0 Å². The van der Waals surface area contributed by atoms with E-state index in [1.807, 2.05) is 0 Å². The Morgan fingerprint density at radius 2 is 1.00 bits per heavy atom. The number of benzene rings is 4. The molecule has 0 saturated heterocycles. The van der Waals surface area contributed by atoms with Crippen LogP contribution in [0.2, 0.25) is 0 Å². The third-order valence-electron chi connectivity index (χ3n) is 4.78. The predicted octanol–water partition coefficient (Wildman–Crippen LogP) is 4.00. The Bertz CT molecular complexity index is 1200. The van der Waals surface area contributed by atoms with Gasteiger partial charge >= 0.3 is 175 Å². The van der Waals surface area contributed by atoms with Gasteiger partial charge in [-0.1, -0.05) is 0 Å². The third kappa shape index (κ3) is 3.37. The van der Waals surface area contributed by atoms with E-state index < -0.39 is 19.1 Å². The molecular weight excluding hydrogens is 670 g/mol. The van der Waals surface area contributed by atoms with Gasteiger partial charge in [-0.15, -0.1) is 0 Å². The summed E-state index contributed by atoms with van der Waals surface area (Å²) in [6, 6.07) is 35.8. The molecule has 0 N–H and O–H groups in total. The minimum absolute atomic E-state index is 0. The molecular formula is C24H16I2Te. The van der Waals surface area contributed by atoms with Gasteiger partial charge in [-0.2, -0.15) is 0 Å². The SMILES string of the molecule is Ic1ccccc1-c1ccccc1-[te+]1c2ccccc2c2ccccc21.[I-]. The van der Waals surface area contributed by atoms with E-state index in [0.717, 1.165) is 0 Å². The molecule has 0 unspecified atom stereocenters. The van der Waals surface area contributed by atoms with Crippen LogP contribution in [-0.2, 0) is 0 Å². The molecule has 3 heteroatoms. The van der Waals surface area contributed by atoms with Crippen molar-refractivity contribution >= 4 is 59.2 Å². The molecule has 0 radical (unpaired) electrons. The molecule has 0 aliphatic heterocycles. The van der Waals surface area contributed by atoms with Gasteiger partial charge in [0, 0.05) is 0 Å². The first-order valence-electron chi connectivity index (χ1n) is 8.61. The number of rotatable bonds is 2. The molecule has 0 fully saturated rings. The van der Waals surface area contributed by atoms with E-state index in [1.165, 1.54) is 25.5 Å². The first kappa shape index (κ1) is 19.4. The summed E-state index contributed by atoms with van der Waals surface area (Å²) in [7, 11) is 0. The van der Waals surface area contributed by atoms with E-state index in [4.69, 9.17) is 0 Å². The first-order chi connectivity index (χ1) is 12.8. The second kappa shape index (κ2) is 8.24. The van der Waals surface area contributed by atoms with Crippen molar-refractivity contribution in [3.63, 3.8) is 0 Å². The summed E-state index contributed by atoms with van der Waals surface area (Å²) < 4.78 is 6.03. The Hall–Kier alpha value is -0.870. The standard InChI is InChI=1S/C24H16ITe.HI/c25-21-13-5-1-9-17(21)18-10-2-6-14-22(18)26-23-15-7-3-11-19(23)20-12-4-8-16-24(20)26;/h1-16H;1H/q+1;/p-1. The van der Waals surface area contributed by atoms with Crippen LogP contribution in [0.25, 0.3) is 32.3 Å². The van der Waals surface area contributed by atoms with Crippen molar-refractivity contribution in [2.75, 3.05) is 0 Å². The maximum atomic E-state index is 2.46. The average molecular weight is 686 g/mol. The molecule has 27 heavy (non-hydrogen) atoms. The summed E-state index contributed by atoms with van der Waals surface area (Å²) in [6.07, 6.45) is 0. The number of hydrogen-bond acceptors (Lipinski definition) is 0. The van der Waals surface area contributed by atoms with Gasteiger partial charge in [0.25, 0.3) is 0 Å². The molecule has 0 saturated carbocycles. The quantitative estimate of drug-likeness (QED) is 0.195. The van der Waals surface area contributed by atoms with Crippen molar-refractivity contribution in [2.45, 2.75) is 0 Å². The van der Waals surface area contributed by atoms with Crippen LogP contribution in [0.1, 0.15) is 0 Å². The third-order valence-corrected chi connectivity index (χ3v) is 12.5. The molecule has 1 heterocycles. The number of fused-ring (bicyclic) bond motifs is 3. The maximum Gasteiger partial charge on any atom is -1.00 e. The molecule has 0 atom stereocenters. The zero-order valence-corrected chi connectivity index (χ0v) is 21.0. The largest absolute Gasteiger partial charge is 1.00 e. The molecule has 0 aliphatic rings.